The average molecular weight is 539 g/mol. The molecule has 11 heteroatoms. The highest BCUT2D eigenvalue weighted by Gasteiger charge is 2.49. The summed E-state index contributed by atoms with van der Waals surface area (Å²) >= 11 is 0. The summed E-state index contributed by atoms with van der Waals surface area (Å²) in [5.41, 5.74) is 0.312. The van der Waals surface area contributed by atoms with Crippen LogP contribution in [0.15, 0.2) is 48.5 Å². The molecule has 0 spiro atoms. The summed E-state index contributed by atoms with van der Waals surface area (Å²) in [4.78, 5) is 13.0. The Morgan fingerprint density at radius 1 is 0.583 bits per heavy atom. The van der Waals surface area contributed by atoms with E-state index in [2.05, 4.69) is 0 Å². The van der Waals surface area contributed by atoms with Crippen LogP contribution in [0.5, 0.6) is 11.5 Å². The van der Waals surface area contributed by atoms with E-state index >= 15 is 0 Å². The van der Waals surface area contributed by atoms with Gasteiger partial charge in [-0.3, -0.25) is 4.79 Å². The smallest absolute Gasteiger partial charge is 0.486 e. The fourth-order valence-corrected chi connectivity index (χ4v) is 8.10. The molecule has 2 aromatic carbocycles. The van der Waals surface area contributed by atoms with Crippen molar-refractivity contribution in [3.8, 4) is 11.5 Å². The third kappa shape index (κ3) is 6.61. The molecule has 2 rings (SSSR count). The standard InChI is InChI=1S/C25H38O9Si2/c1-9-23(35(27-3,28-4)29-5)33-21-15-11-19(12-16-21)25(26)20-13-17-22(18-14-20)34-24(10-2)36(30-6,31-7)32-8/h11-18,23-24H,9-10H2,1-8H3. The lowest BCUT2D eigenvalue weighted by Crippen LogP contribution is -2.56. The second-order valence-electron chi connectivity index (χ2n) is 7.84. The van der Waals surface area contributed by atoms with Crippen molar-refractivity contribution in [2.45, 2.75) is 38.1 Å². The van der Waals surface area contributed by atoms with E-state index in [0.717, 1.165) is 0 Å². The number of carbonyl (C=O) groups is 1. The number of ether oxygens (including phenoxy) is 2. The predicted octanol–water partition coefficient (Wildman–Crippen LogP) is 4.07. The number of hydrogen-bond acceptors (Lipinski definition) is 9. The highest BCUT2D eigenvalue weighted by molar-refractivity contribution is 6.62. The molecule has 2 aromatic rings. The van der Waals surface area contributed by atoms with E-state index in [-0.39, 0.29) is 17.2 Å². The normalized spacial score (nSPS) is 13.8. The minimum absolute atomic E-state index is 0.115. The number of hydrogen-bond donors (Lipinski definition) is 0. The van der Waals surface area contributed by atoms with Crippen molar-refractivity contribution in [1.82, 2.24) is 0 Å². The molecule has 36 heavy (non-hydrogen) atoms. The highest BCUT2D eigenvalue weighted by Crippen LogP contribution is 2.25. The second kappa shape index (κ2) is 14.0. The van der Waals surface area contributed by atoms with E-state index in [0.29, 0.717) is 35.5 Å². The summed E-state index contributed by atoms with van der Waals surface area (Å²) in [7, 11) is 3.36. The summed E-state index contributed by atoms with van der Waals surface area (Å²) in [5.74, 6) is 1.08. The van der Waals surface area contributed by atoms with Crippen molar-refractivity contribution >= 4 is 23.4 Å². The van der Waals surface area contributed by atoms with Crippen LogP contribution in [-0.4, -0.2) is 77.5 Å². The molecule has 0 N–H and O–H groups in total. The lowest BCUT2D eigenvalue weighted by molar-refractivity contribution is 0.0664. The Hall–Kier alpha value is -2.10. The van der Waals surface area contributed by atoms with Crippen molar-refractivity contribution < 1.29 is 40.8 Å². The summed E-state index contributed by atoms with van der Waals surface area (Å²) in [6, 6.07) is 13.9. The minimum atomic E-state index is -2.98. The predicted molar refractivity (Wildman–Crippen MR) is 139 cm³/mol. The Balaban J connectivity index is 2.13. The maximum Gasteiger partial charge on any atom is 0.543 e. The Morgan fingerprint density at radius 3 is 1.08 bits per heavy atom. The van der Waals surface area contributed by atoms with Gasteiger partial charge in [0.2, 0.25) is 0 Å². The lowest BCUT2D eigenvalue weighted by Gasteiger charge is -2.31. The molecule has 0 bridgehead atoms. The van der Waals surface area contributed by atoms with Crippen LogP contribution in [0, 0.1) is 0 Å². The van der Waals surface area contributed by atoms with Gasteiger partial charge in [-0.2, -0.15) is 0 Å². The molecule has 0 aromatic heterocycles. The third-order valence-corrected chi connectivity index (χ3v) is 12.1. The van der Waals surface area contributed by atoms with Gasteiger partial charge in [-0.05, 0) is 61.4 Å². The van der Waals surface area contributed by atoms with Gasteiger partial charge in [0.1, 0.15) is 11.5 Å². The van der Waals surface area contributed by atoms with Gasteiger partial charge in [-0.15, -0.1) is 0 Å². The van der Waals surface area contributed by atoms with E-state index < -0.39 is 17.6 Å². The molecule has 0 heterocycles. The molecule has 9 nitrogen and oxygen atoms in total. The van der Waals surface area contributed by atoms with Crippen LogP contribution in [0.25, 0.3) is 0 Å². The topological polar surface area (TPSA) is 90.9 Å². The van der Waals surface area contributed by atoms with Gasteiger partial charge in [-0.25, -0.2) is 0 Å². The largest absolute Gasteiger partial charge is 0.543 e. The SMILES string of the molecule is CCC(Oc1ccc(C(=O)c2ccc(OC(CC)[Si](OC)(OC)OC)cc2)cc1)[Si](OC)(OC)OC. The van der Waals surface area contributed by atoms with Gasteiger partial charge in [-0.1, -0.05) is 13.8 Å². The second-order valence-corrected chi connectivity index (χ2v) is 14.0. The first kappa shape index (κ1) is 30.1. The van der Waals surface area contributed by atoms with E-state index in [1.807, 2.05) is 13.8 Å². The molecule has 2 atom stereocenters. The first-order chi connectivity index (χ1) is 17.3. The van der Waals surface area contributed by atoms with Gasteiger partial charge in [0.25, 0.3) is 0 Å². The molecule has 0 saturated heterocycles. The molecule has 0 radical (unpaired) electrons. The van der Waals surface area contributed by atoms with Crippen LogP contribution in [0.1, 0.15) is 42.6 Å². The van der Waals surface area contributed by atoms with Crippen LogP contribution >= 0.6 is 0 Å². The summed E-state index contributed by atoms with van der Waals surface area (Å²) in [6.45, 7) is 3.94. The van der Waals surface area contributed by atoms with Gasteiger partial charge in [0.05, 0.1) is 0 Å². The lowest BCUT2D eigenvalue weighted by atomic mass is 10.0. The molecule has 0 aliphatic rings. The fourth-order valence-electron chi connectivity index (χ4n) is 3.96. The van der Waals surface area contributed by atoms with E-state index in [9.17, 15) is 4.79 Å². The molecular formula is C25H38O9Si2. The van der Waals surface area contributed by atoms with Crippen molar-refractivity contribution in [3.63, 3.8) is 0 Å². The Morgan fingerprint density at radius 2 is 0.861 bits per heavy atom. The monoisotopic (exact) mass is 538 g/mol. The number of ketones is 1. The highest BCUT2D eigenvalue weighted by atomic mass is 28.4. The molecule has 0 amide bonds. The molecule has 2 unspecified atom stereocenters. The number of carbonyl (C=O) groups excluding carboxylic acids is 1. The van der Waals surface area contributed by atoms with Gasteiger partial charge < -0.3 is 36.0 Å². The Kier molecular flexibility index (Phi) is 11.7. The van der Waals surface area contributed by atoms with Crippen LogP contribution in [0.4, 0.5) is 0 Å². The van der Waals surface area contributed by atoms with Crippen LogP contribution in [-0.2, 0) is 26.6 Å². The van der Waals surface area contributed by atoms with Crippen molar-refractivity contribution in [1.29, 1.82) is 0 Å². The van der Waals surface area contributed by atoms with Crippen LogP contribution < -0.4 is 9.47 Å². The molecular weight excluding hydrogens is 500 g/mol. The van der Waals surface area contributed by atoms with Crippen molar-refractivity contribution in [3.05, 3.63) is 59.7 Å². The Labute approximate surface area is 216 Å². The zero-order valence-electron chi connectivity index (χ0n) is 22.4. The summed E-state index contributed by atoms with van der Waals surface area (Å²) in [6.07, 6.45) is 1.27. The molecule has 0 aliphatic heterocycles. The molecule has 0 aliphatic carbocycles. The summed E-state index contributed by atoms with van der Waals surface area (Å²) in [5, 5.41) is 0. The van der Waals surface area contributed by atoms with E-state index in [4.69, 9.17) is 36.0 Å². The van der Waals surface area contributed by atoms with Crippen LogP contribution in [0.2, 0.25) is 0 Å². The summed E-state index contributed by atoms with van der Waals surface area (Å²) < 4.78 is 45.5. The average Bonchev–Trinajstić information content (AvgIpc) is 2.94. The van der Waals surface area contributed by atoms with Gasteiger partial charge >= 0.3 is 17.6 Å². The number of rotatable bonds is 16. The minimum Gasteiger partial charge on any atom is -0.486 e. The fraction of sp³-hybridized carbons (Fsp3) is 0.480. The Bertz CT molecular complexity index is 838. The molecule has 0 fully saturated rings. The first-order valence-electron chi connectivity index (χ1n) is 11.7. The molecule has 0 saturated carbocycles. The van der Waals surface area contributed by atoms with Gasteiger partial charge in [0, 0.05) is 53.8 Å². The maximum absolute atomic E-state index is 13.0. The number of benzene rings is 2. The maximum atomic E-state index is 13.0. The van der Waals surface area contributed by atoms with Crippen LogP contribution in [0.3, 0.4) is 0 Å². The zero-order chi connectivity index (χ0) is 26.8. The van der Waals surface area contributed by atoms with Gasteiger partial charge in [0.15, 0.2) is 17.2 Å². The first-order valence-corrected chi connectivity index (χ1v) is 15.3. The van der Waals surface area contributed by atoms with Crippen molar-refractivity contribution in [2.75, 3.05) is 42.7 Å². The van der Waals surface area contributed by atoms with E-state index in [1.54, 1.807) is 91.2 Å². The van der Waals surface area contributed by atoms with Crippen molar-refractivity contribution in [2.24, 2.45) is 0 Å². The quantitative estimate of drug-likeness (QED) is 0.232. The molecule has 200 valence electrons. The zero-order valence-corrected chi connectivity index (χ0v) is 24.4. The van der Waals surface area contributed by atoms with E-state index in [1.165, 1.54) is 0 Å². The third-order valence-electron chi connectivity index (χ3n) is 6.03.